The topological polar surface area (TPSA) is 71.1 Å². The first-order chi connectivity index (χ1) is 10.7. The number of nitrogens with one attached hydrogen (secondary N) is 2. The molecule has 5 nitrogen and oxygen atoms in total. The van der Waals surface area contributed by atoms with Gasteiger partial charge in [-0.2, -0.15) is 0 Å². The highest BCUT2D eigenvalue weighted by Gasteiger charge is 2.21. The van der Waals surface area contributed by atoms with Crippen molar-refractivity contribution in [1.82, 2.24) is 15.6 Å². The summed E-state index contributed by atoms with van der Waals surface area (Å²) in [7, 11) is 0. The molecule has 1 aromatic heterocycles. The van der Waals surface area contributed by atoms with E-state index in [0.717, 1.165) is 16.3 Å². The zero-order chi connectivity index (χ0) is 15.4. The number of carbonyl (C=O) groups is 2. The van der Waals surface area contributed by atoms with Crippen LogP contribution in [0.25, 0.3) is 10.6 Å². The molecule has 0 bridgehead atoms. The Morgan fingerprint density at radius 2 is 2.18 bits per heavy atom. The molecule has 0 spiro atoms. The minimum atomic E-state index is -0.0516. The maximum atomic E-state index is 11.9. The Labute approximate surface area is 132 Å². The Bertz CT molecular complexity index is 669. The lowest BCUT2D eigenvalue weighted by atomic mass is 10.1. The van der Waals surface area contributed by atoms with E-state index in [4.69, 9.17) is 0 Å². The highest BCUT2D eigenvalue weighted by molar-refractivity contribution is 7.13. The van der Waals surface area contributed by atoms with Gasteiger partial charge >= 0.3 is 0 Å². The summed E-state index contributed by atoms with van der Waals surface area (Å²) < 4.78 is 0. The van der Waals surface area contributed by atoms with Crippen LogP contribution in [0.4, 0.5) is 0 Å². The van der Waals surface area contributed by atoms with Crippen LogP contribution in [0.15, 0.2) is 35.7 Å². The molecule has 1 aromatic carbocycles. The highest BCUT2D eigenvalue weighted by Crippen LogP contribution is 2.23. The van der Waals surface area contributed by atoms with Crippen LogP contribution in [0, 0.1) is 5.92 Å². The molecule has 0 saturated carbocycles. The molecule has 1 aliphatic heterocycles. The molecule has 22 heavy (non-hydrogen) atoms. The first-order valence-corrected chi connectivity index (χ1v) is 8.12. The Hall–Kier alpha value is -2.21. The molecule has 1 atom stereocenters. The van der Waals surface area contributed by atoms with Crippen LogP contribution >= 0.6 is 11.3 Å². The van der Waals surface area contributed by atoms with E-state index < -0.39 is 0 Å². The third-order valence-electron chi connectivity index (χ3n) is 3.56. The lowest BCUT2D eigenvalue weighted by Crippen LogP contribution is -2.31. The van der Waals surface area contributed by atoms with E-state index in [-0.39, 0.29) is 24.2 Å². The van der Waals surface area contributed by atoms with Gasteiger partial charge in [0, 0.05) is 36.4 Å². The quantitative estimate of drug-likeness (QED) is 0.880. The molecule has 0 radical (unpaired) electrons. The van der Waals surface area contributed by atoms with Crippen molar-refractivity contribution in [3.63, 3.8) is 0 Å². The van der Waals surface area contributed by atoms with Crippen molar-refractivity contribution in [2.75, 3.05) is 13.1 Å². The van der Waals surface area contributed by atoms with Crippen LogP contribution in [-0.4, -0.2) is 29.9 Å². The summed E-state index contributed by atoms with van der Waals surface area (Å²) >= 11 is 1.54. The van der Waals surface area contributed by atoms with Crippen molar-refractivity contribution >= 4 is 23.2 Å². The van der Waals surface area contributed by atoms with Crippen LogP contribution in [0.5, 0.6) is 0 Å². The minimum Gasteiger partial charge on any atom is -0.356 e. The summed E-state index contributed by atoms with van der Waals surface area (Å²) in [4.78, 5) is 27.5. The lowest BCUT2D eigenvalue weighted by Gasteiger charge is -2.08. The van der Waals surface area contributed by atoms with Crippen molar-refractivity contribution in [3.05, 3.63) is 41.4 Å². The van der Waals surface area contributed by atoms with Crippen molar-refractivity contribution in [1.29, 1.82) is 0 Å². The SMILES string of the molecule is O=C(Cc1csc(-c2ccccc2)n1)NCC1CNC(=O)C1. The normalized spacial score (nSPS) is 17.3. The minimum absolute atomic E-state index is 0.0516. The number of hydrogen-bond donors (Lipinski definition) is 2. The molecule has 1 fully saturated rings. The standard InChI is InChI=1S/C16H17N3O2S/c20-14-6-11(8-17-14)9-18-15(21)7-13-10-22-16(19-13)12-4-2-1-3-5-12/h1-5,10-11H,6-9H2,(H,17,20)(H,18,21). The molecule has 1 saturated heterocycles. The molecule has 6 heteroatoms. The molecule has 3 rings (SSSR count). The number of hydrogen-bond acceptors (Lipinski definition) is 4. The van der Waals surface area contributed by atoms with Crippen LogP contribution in [0.1, 0.15) is 12.1 Å². The maximum absolute atomic E-state index is 11.9. The number of thiazole rings is 1. The molecule has 2 N–H and O–H groups in total. The van der Waals surface area contributed by atoms with Crippen molar-refractivity contribution in [2.45, 2.75) is 12.8 Å². The number of carbonyl (C=O) groups excluding carboxylic acids is 2. The number of amides is 2. The summed E-state index contributed by atoms with van der Waals surface area (Å²) in [6, 6.07) is 9.92. The Morgan fingerprint density at radius 1 is 1.36 bits per heavy atom. The zero-order valence-corrected chi connectivity index (χ0v) is 12.9. The van der Waals surface area contributed by atoms with E-state index in [1.807, 2.05) is 35.7 Å². The lowest BCUT2D eigenvalue weighted by molar-refractivity contribution is -0.121. The molecule has 1 unspecified atom stereocenters. The van der Waals surface area contributed by atoms with Crippen molar-refractivity contribution in [3.8, 4) is 10.6 Å². The van der Waals surface area contributed by atoms with Gasteiger partial charge in [-0.05, 0) is 0 Å². The number of nitrogens with zero attached hydrogens (tertiary/aromatic N) is 1. The van der Waals surface area contributed by atoms with Crippen LogP contribution in [0.2, 0.25) is 0 Å². The van der Waals surface area contributed by atoms with Gasteiger partial charge in [0.25, 0.3) is 0 Å². The Balaban J connectivity index is 1.52. The Morgan fingerprint density at radius 3 is 2.91 bits per heavy atom. The summed E-state index contributed by atoms with van der Waals surface area (Å²) in [5.41, 5.74) is 1.84. The van der Waals surface area contributed by atoms with E-state index >= 15 is 0 Å². The van der Waals surface area contributed by atoms with Crippen molar-refractivity contribution in [2.24, 2.45) is 5.92 Å². The second-order valence-electron chi connectivity index (χ2n) is 5.37. The fourth-order valence-corrected chi connectivity index (χ4v) is 3.22. The van der Waals surface area contributed by atoms with Crippen LogP contribution in [0.3, 0.4) is 0 Å². The molecule has 114 valence electrons. The average molecular weight is 315 g/mol. The average Bonchev–Trinajstić information content (AvgIpc) is 3.15. The zero-order valence-electron chi connectivity index (χ0n) is 12.0. The molecule has 2 aromatic rings. The first-order valence-electron chi connectivity index (χ1n) is 7.24. The van der Waals surface area contributed by atoms with Gasteiger partial charge in [0.2, 0.25) is 11.8 Å². The smallest absolute Gasteiger partial charge is 0.226 e. The van der Waals surface area contributed by atoms with Crippen LogP contribution in [-0.2, 0) is 16.0 Å². The Kier molecular flexibility index (Phi) is 4.48. The third-order valence-corrected chi connectivity index (χ3v) is 4.50. The molecule has 2 amide bonds. The van der Waals surface area contributed by atoms with Gasteiger partial charge in [-0.15, -0.1) is 11.3 Å². The van der Waals surface area contributed by atoms with E-state index in [9.17, 15) is 9.59 Å². The second kappa shape index (κ2) is 6.70. The number of benzene rings is 1. The van der Waals surface area contributed by atoms with E-state index in [1.54, 1.807) is 11.3 Å². The van der Waals surface area contributed by atoms with E-state index in [0.29, 0.717) is 19.5 Å². The first kappa shape index (κ1) is 14.7. The fourth-order valence-electron chi connectivity index (χ4n) is 2.40. The fraction of sp³-hybridized carbons (Fsp3) is 0.312. The monoisotopic (exact) mass is 315 g/mol. The molecule has 1 aliphatic rings. The molecular formula is C16H17N3O2S. The number of aromatic nitrogens is 1. The van der Waals surface area contributed by atoms with E-state index in [2.05, 4.69) is 15.6 Å². The number of rotatable bonds is 5. The van der Waals surface area contributed by atoms with Gasteiger partial charge in [-0.25, -0.2) is 4.98 Å². The highest BCUT2D eigenvalue weighted by atomic mass is 32.1. The van der Waals surface area contributed by atoms with E-state index in [1.165, 1.54) is 0 Å². The van der Waals surface area contributed by atoms with Gasteiger partial charge < -0.3 is 10.6 Å². The third kappa shape index (κ3) is 3.71. The predicted molar refractivity (Wildman–Crippen MR) is 85.4 cm³/mol. The largest absolute Gasteiger partial charge is 0.356 e. The molecular weight excluding hydrogens is 298 g/mol. The molecule has 0 aliphatic carbocycles. The van der Waals surface area contributed by atoms with Crippen LogP contribution < -0.4 is 10.6 Å². The van der Waals surface area contributed by atoms with Crippen molar-refractivity contribution < 1.29 is 9.59 Å². The van der Waals surface area contributed by atoms with Gasteiger partial charge in [0.05, 0.1) is 12.1 Å². The van der Waals surface area contributed by atoms with Gasteiger partial charge in [0.15, 0.2) is 0 Å². The van der Waals surface area contributed by atoms with Gasteiger partial charge in [0.1, 0.15) is 5.01 Å². The summed E-state index contributed by atoms with van der Waals surface area (Å²) in [6.07, 6.45) is 0.770. The summed E-state index contributed by atoms with van der Waals surface area (Å²) in [6.45, 7) is 1.18. The summed E-state index contributed by atoms with van der Waals surface area (Å²) in [5, 5.41) is 8.48. The van der Waals surface area contributed by atoms with Gasteiger partial charge in [-0.3, -0.25) is 9.59 Å². The summed E-state index contributed by atoms with van der Waals surface area (Å²) in [5.74, 6) is 0.210. The maximum Gasteiger partial charge on any atom is 0.226 e. The predicted octanol–water partition coefficient (Wildman–Crippen LogP) is 1.60. The molecule has 2 heterocycles. The second-order valence-corrected chi connectivity index (χ2v) is 6.22. The van der Waals surface area contributed by atoms with Gasteiger partial charge in [-0.1, -0.05) is 30.3 Å².